The molecule has 6 nitrogen and oxygen atoms in total. The Morgan fingerprint density at radius 2 is 1.65 bits per heavy atom. The molecule has 0 saturated carbocycles. The third kappa shape index (κ3) is 4.53. The van der Waals surface area contributed by atoms with E-state index in [4.69, 9.17) is 4.74 Å². The minimum Gasteiger partial charge on any atom is -0.497 e. The topological polar surface area (TPSA) is 78.9 Å². The van der Waals surface area contributed by atoms with Crippen molar-refractivity contribution in [2.24, 2.45) is 5.92 Å². The Morgan fingerprint density at radius 1 is 0.935 bits per heavy atom. The lowest BCUT2D eigenvalue weighted by Gasteiger charge is -2.18. The summed E-state index contributed by atoms with van der Waals surface area (Å²) < 4.78 is 5.21. The van der Waals surface area contributed by atoms with E-state index in [0.717, 1.165) is 22.4 Å². The van der Waals surface area contributed by atoms with Crippen LogP contribution in [-0.4, -0.2) is 42.2 Å². The molecule has 1 saturated heterocycles. The maximum absolute atomic E-state index is 13.2. The molecular formula is C25H24N2O4. The number of anilines is 1. The van der Waals surface area contributed by atoms with Crippen LogP contribution in [0.5, 0.6) is 5.75 Å². The quantitative estimate of drug-likeness (QED) is 0.632. The number of ether oxygens (including phenoxy) is 1. The fraction of sp³-hybridized carbons (Fsp3) is 0.200. The number of amides is 2. The van der Waals surface area contributed by atoms with Crippen LogP contribution in [0.15, 0.2) is 78.9 Å². The molecule has 0 aliphatic carbocycles. The number of carbonyl (C=O) groups excluding carboxylic acids is 1. The standard InChI is InChI=1S/C25H24N2O4/c1-31-21-12-10-18(11-13-21)22-15-27(25(29)30)16-23(22)24(28)26-20-9-5-8-19(14-20)17-6-3-2-4-7-17/h2-14,22-23H,15-16H2,1H3,(H,26,28)(H,29,30). The Kier molecular flexibility index (Phi) is 5.89. The number of nitrogens with zero attached hydrogens (tertiary/aromatic N) is 1. The first kappa shape index (κ1) is 20.5. The van der Waals surface area contributed by atoms with Crippen LogP contribution in [0, 0.1) is 5.92 Å². The van der Waals surface area contributed by atoms with Crippen molar-refractivity contribution in [2.45, 2.75) is 5.92 Å². The van der Waals surface area contributed by atoms with Gasteiger partial charge in [0.15, 0.2) is 0 Å². The van der Waals surface area contributed by atoms with Crippen LogP contribution < -0.4 is 10.1 Å². The number of carbonyl (C=O) groups is 2. The lowest BCUT2D eigenvalue weighted by atomic mass is 9.88. The van der Waals surface area contributed by atoms with Gasteiger partial charge in [0.25, 0.3) is 0 Å². The Hall–Kier alpha value is -3.80. The lowest BCUT2D eigenvalue weighted by molar-refractivity contribution is -0.119. The molecule has 3 aromatic carbocycles. The van der Waals surface area contributed by atoms with E-state index in [0.29, 0.717) is 5.69 Å². The number of hydrogen-bond donors (Lipinski definition) is 2. The second kappa shape index (κ2) is 8.92. The van der Waals surface area contributed by atoms with Gasteiger partial charge in [-0.3, -0.25) is 4.79 Å². The highest BCUT2D eigenvalue weighted by atomic mass is 16.5. The van der Waals surface area contributed by atoms with E-state index in [-0.39, 0.29) is 24.9 Å². The van der Waals surface area contributed by atoms with E-state index in [1.807, 2.05) is 78.9 Å². The van der Waals surface area contributed by atoms with E-state index in [2.05, 4.69) is 5.32 Å². The highest BCUT2D eigenvalue weighted by Crippen LogP contribution is 2.34. The second-order valence-electron chi connectivity index (χ2n) is 7.61. The highest BCUT2D eigenvalue weighted by molar-refractivity contribution is 5.94. The van der Waals surface area contributed by atoms with Crippen LogP contribution in [0.1, 0.15) is 11.5 Å². The minimum atomic E-state index is -1.01. The molecule has 4 rings (SSSR count). The first-order valence-electron chi connectivity index (χ1n) is 10.1. The smallest absolute Gasteiger partial charge is 0.407 e. The van der Waals surface area contributed by atoms with Crippen molar-refractivity contribution in [1.82, 2.24) is 4.90 Å². The van der Waals surface area contributed by atoms with Gasteiger partial charge in [0.05, 0.1) is 13.0 Å². The summed E-state index contributed by atoms with van der Waals surface area (Å²) in [7, 11) is 1.59. The summed E-state index contributed by atoms with van der Waals surface area (Å²) in [5, 5.41) is 12.5. The van der Waals surface area contributed by atoms with Crippen molar-refractivity contribution in [3.63, 3.8) is 0 Å². The summed E-state index contributed by atoms with van der Waals surface area (Å²) in [4.78, 5) is 26.1. The number of carboxylic acid groups (broad SMARTS) is 1. The summed E-state index contributed by atoms with van der Waals surface area (Å²) in [5.41, 5.74) is 3.67. The summed E-state index contributed by atoms with van der Waals surface area (Å²) >= 11 is 0. The van der Waals surface area contributed by atoms with Crippen molar-refractivity contribution in [3.05, 3.63) is 84.4 Å². The largest absolute Gasteiger partial charge is 0.497 e. The minimum absolute atomic E-state index is 0.163. The van der Waals surface area contributed by atoms with Gasteiger partial charge in [0.2, 0.25) is 5.91 Å². The average Bonchev–Trinajstić information content (AvgIpc) is 3.26. The van der Waals surface area contributed by atoms with E-state index >= 15 is 0 Å². The molecule has 2 amide bonds. The van der Waals surface area contributed by atoms with Gasteiger partial charge in [-0.1, -0.05) is 54.6 Å². The zero-order valence-corrected chi connectivity index (χ0v) is 17.2. The predicted octanol–water partition coefficient (Wildman–Crippen LogP) is 4.69. The van der Waals surface area contributed by atoms with Gasteiger partial charge >= 0.3 is 6.09 Å². The van der Waals surface area contributed by atoms with Gasteiger partial charge in [-0.2, -0.15) is 0 Å². The molecule has 158 valence electrons. The Balaban J connectivity index is 1.56. The van der Waals surface area contributed by atoms with Crippen LogP contribution >= 0.6 is 0 Å². The summed E-state index contributed by atoms with van der Waals surface area (Å²) in [5.74, 6) is -0.172. The second-order valence-corrected chi connectivity index (χ2v) is 7.61. The molecule has 3 aromatic rings. The van der Waals surface area contributed by atoms with Crippen LogP contribution in [0.3, 0.4) is 0 Å². The van der Waals surface area contributed by atoms with Crippen molar-refractivity contribution < 1.29 is 19.4 Å². The summed E-state index contributed by atoms with van der Waals surface area (Å²) in [6.07, 6.45) is -1.01. The molecule has 0 bridgehead atoms. The van der Waals surface area contributed by atoms with Gasteiger partial charge < -0.3 is 20.1 Å². The molecule has 31 heavy (non-hydrogen) atoms. The molecular weight excluding hydrogens is 392 g/mol. The summed E-state index contributed by atoms with van der Waals surface area (Å²) in [6, 6.07) is 25.1. The molecule has 1 aliphatic rings. The molecule has 2 unspecified atom stereocenters. The molecule has 0 spiro atoms. The Morgan fingerprint density at radius 3 is 2.32 bits per heavy atom. The van der Waals surface area contributed by atoms with Crippen LogP contribution in [0.25, 0.3) is 11.1 Å². The van der Waals surface area contributed by atoms with E-state index < -0.39 is 12.0 Å². The molecule has 1 heterocycles. The highest BCUT2D eigenvalue weighted by Gasteiger charge is 2.40. The molecule has 2 atom stereocenters. The first-order valence-corrected chi connectivity index (χ1v) is 10.1. The SMILES string of the molecule is COc1ccc(C2CN(C(=O)O)CC2C(=O)Nc2cccc(-c3ccccc3)c2)cc1. The maximum atomic E-state index is 13.2. The third-order valence-corrected chi connectivity index (χ3v) is 5.71. The normalized spacial score (nSPS) is 17.9. The molecule has 6 heteroatoms. The zero-order valence-electron chi connectivity index (χ0n) is 17.2. The van der Waals surface area contributed by atoms with Gasteiger partial charge in [0, 0.05) is 24.7 Å². The lowest BCUT2D eigenvalue weighted by Crippen LogP contribution is -2.30. The van der Waals surface area contributed by atoms with E-state index in [1.165, 1.54) is 4.90 Å². The monoisotopic (exact) mass is 416 g/mol. The zero-order chi connectivity index (χ0) is 21.8. The third-order valence-electron chi connectivity index (χ3n) is 5.71. The molecule has 2 N–H and O–H groups in total. The Labute approximate surface area is 181 Å². The van der Waals surface area contributed by atoms with Crippen LogP contribution in [0.4, 0.5) is 10.5 Å². The van der Waals surface area contributed by atoms with Gasteiger partial charge in [-0.15, -0.1) is 0 Å². The predicted molar refractivity (Wildman–Crippen MR) is 119 cm³/mol. The Bertz CT molecular complexity index is 1070. The van der Waals surface area contributed by atoms with Crippen molar-refractivity contribution in [3.8, 4) is 16.9 Å². The van der Waals surface area contributed by atoms with E-state index in [1.54, 1.807) is 7.11 Å². The number of benzene rings is 3. The number of likely N-dealkylation sites (tertiary alicyclic amines) is 1. The van der Waals surface area contributed by atoms with Crippen LogP contribution in [-0.2, 0) is 4.79 Å². The van der Waals surface area contributed by atoms with Crippen molar-refractivity contribution in [1.29, 1.82) is 0 Å². The molecule has 0 radical (unpaired) electrons. The van der Waals surface area contributed by atoms with E-state index in [9.17, 15) is 14.7 Å². The van der Waals surface area contributed by atoms with Crippen molar-refractivity contribution >= 4 is 17.7 Å². The number of rotatable bonds is 5. The summed E-state index contributed by atoms with van der Waals surface area (Å²) in [6.45, 7) is 0.444. The fourth-order valence-electron chi connectivity index (χ4n) is 4.06. The number of hydrogen-bond acceptors (Lipinski definition) is 3. The van der Waals surface area contributed by atoms with Gasteiger partial charge in [-0.25, -0.2) is 4.79 Å². The van der Waals surface area contributed by atoms with Crippen LogP contribution in [0.2, 0.25) is 0 Å². The van der Waals surface area contributed by atoms with Crippen molar-refractivity contribution in [2.75, 3.05) is 25.5 Å². The average molecular weight is 416 g/mol. The number of methoxy groups -OCH3 is 1. The molecule has 1 aliphatic heterocycles. The number of nitrogens with one attached hydrogen (secondary N) is 1. The molecule has 1 fully saturated rings. The van der Waals surface area contributed by atoms with Gasteiger partial charge in [-0.05, 0) is 41.0 Å². The fourth-order valence-corrected chi connectivity index (χ4v) is 4.06. The van der Waals surface area contributed by atoms with Gasteiger partial charge in [0.1, 0.15) is 5.75 Å². The molecule has 0 aromatic heterocycles. The first-order chi connectivity index (χ1) is 15.0. The maximum Gasteiger partial charge on any atom is 0.407 e.